The number of nitrogens with one attached hydrogen (secondary N) is 1. The zero-order valence-electron chi connectivity index (χ0n) is 44.5. The van der Waals surface area contributed by atoms with Gasteiger partial charge in [0.25, 0.3) is 5.88 Å². The summed E-state index contributed by atoms with van der Waals surface area (Å²) in [4.78, 5) is 54.5. The lowest BCUT2D eigenvalue weighted by Crippen LogP contribution is -2.48. The number of pyridine rings is 1. The van der Waals surface area contributed by atoms with Gasteiger partial charge in [0.05, 0.1) is 39.2 Å². The molecule has 0 unspecified atom stereocenters. The first-order valence-electron chi connectivity index (χ1n) is 27.4. The molecule has 404 valence electrons. The van der Waals surface area contributed by atoms with Gasteiger partial charge in [-0.3, -0.25) is 19.5 Å². The number of aliphatic hydroxyl groups excluding tert-OH is 1. The Kier molecular flexibility index (Phi) is 14.9. The van der Waals surface area contributed by atoms with Crippen LogP contribution < -0.4 is 19.7 Å². The van der Waals surface area contributed by atoms with Gasteiger partial charge in [0.2, 0.25) is 11.8 Å². The maximum absolute atomic E-state index is 17.3. The number of likely N-dealkylation sites (tertiary alicyclic amines) is 1. The highest BCUT2D eigenvalue weighted by Crippen LogP contribution is 2.44. The average molecular weight is 1070 g/mol. The fourth-order valence-corrected chi connectivity index (χ4v) is 13.4. The molecule has 18 heteroatoms. The van der Waals surface area contributed by atoms with Crippen molar-refractivity contribution < 1.29 is 38.2 Å². The molecule has 4 aliphatic heterocycles. The normalized spacial score (nSPS) is 21.7. The standard InChI is InChI=1S/C59H68FN9O7S/c1-6-37-13-11-14-40-25-42(70)26-44(50(37)40)52-51(60)53-45(29-61-52)55(67-22-9-7-8-10-23-67)65-58(64-53)75-32-59-20-12-24-69(59)41(19-21-59)31-74-48-28-47(76-66-48)49(34(2)3)57(73)68-30-43(71)27-46(68)56(72)63-35(4)38-15-17-39(18-16-38)54-36(5)62-33-77-54/h11,13-18,25-26,28-29,33-35,41,43,46,49,70-71H,6-10,12,19-24,27,30-32H2,1-5H3,(H,63,72)/t35-,41-,43+,46-,49-,59+/m0/s1. The van der Waals surface area contributed by atoms with Gasteiger partial charge in [-0.15, -0.1) is 11.3 Å². The minimum atomic E-state index is -0.863. The van der Waals surface area contributed by atoms with Crippen molar-refractivity contribution in [1.29, 1.82) is 0 Å². The Morgan fingerprint density at radius 3 is 2.53 bits per heavy atom. The minimum Gasteiger partial charge on any atom is -0.508 e. The summed E-state index contributed by atoms with van der Waals surface area (Å²) < 4.78 is 36.1. The lowest BCUT2D eigenvalue weighted by Gasteiger charge is -2.34. The molecular weight excluding hydrogens is 998 g/mol. The topological polar surface area (TPSA) is 192 Å². The van der Waals surface area contributed by atoms with E-state index in [1.807, 2.05) is 75.7 Å². The molecule has 11 rings (SSSR count). The number of thiazole rings is 1. The van der Waals surface area contributed by atoms with Crippen LogP contribution in [0.2, 0.25) is 0 Å². The maximum atomic E-state index is 17.3. The van der Waals surface area contributed by atoms with Crippen LogP contribution in [0.3, 0.4) is 0 Å². The summed E-state index contributed by atoms with van der Waals surface area (Å²) in [6, 6.07) is 17.8. The Hall–Kier alpha value is -6.76. The number of aromatic hydroxyl groups is 1. The third-order valence-corrected chi connectivity index (χ3v) is 17.5. The number of phenolic OH excluding ortho intramolecular Hbond substituents is 1. The van der Waals surface area contributed by atoms with Gasteiger partial charge in [-0.2, -0.15) is 9.97 Å². The highest BCUT2D eigenvalue weighted by Gasteiger charge is 2.50. The van der Waals surface area contributed by atoms with E-state index >= 15 is 4.39 Å². The monoisotopic (exact) mass is 1070 g/mol. The Morgan fingerprint density at radius 2 is 1.78 bits per heavy atom. The van der Waals surface area contributed by atoms with Crippen molar-refractivity contribution in [3.8, 4) is 39.3 Å². The second kappa shape index (κ2) is 21.9. The molecule has 6 atom stereocenters. The highest BCUT2D eigenvalue weighted by molar-refractivity contribution is 7.13. The summed E-state index contributed by atoms with van der Waals surface area (Å²) >= 11 is 1.58. The molecule has 8 heterocycles. The molecule has 4 fully saturated rings. The van der Waals surface area contributed by atoms with Gasteiger partial charge in [0.15, 0.2) is 11.6 Å². The molecular formula is C59H68FN9O7S. The zero-order chi connectivity index (χ0) is 53.5. The SMILES string of the molecule is CCc1cccc2cc(O)cc(-c3ncc4c(N5CCCCCC5)nc(OC[C@]56CCCN5[C@H](COc5cc([C@@H](C(=O)N7C[C@H](O)C[C@H]7C(=O)N[C@@H](C)c7ccc(-c8scnc8C)cc7)C(C)C)on5)CC6)nc4c3F)c12. The first-order chi connectivity index (χ1) is 37.3. The van der Waals surface area contributed by atoms with Crippen LogP contribution in [0.15, 0.2) is 76.9 Å². The number of halogens is 1. The maximum Gasteiger partial charge on any atom is 0.319 e. The number of nitrogens with zero attached hydrogens (tertiary/aromatic N) is 8. The Bertz CT molecular complexity index is 3290. The smallest absolute Gasteiger partial charge is 0.319 e. The number of benzene rings is 3. The quantitative estimate of drug-likeness (QED) is 0.0828. The molecule has 77 heavy (non-hydrogen) atoms. The van der Waals surface area contributed by atoms with Crippen molar-refractivity contribution in [3.63, 3.8) is 0 Å². The van der Waals surface area contributed by atoms with Crippen LogP contribution in [0.25, 0.3) is 43.4 Å². The van der Waals surface area contributed by atoms with Crippen molar-refractivity contribution in [2.75, 3.05) is 44.3 Å². The van der Waals surface area contributed by atoms with Crippen molar-refractivity contribution in [2.45, 2.75) is 135 Å². The van der Waals surface area contributed by atoms with Crippen molar-refractivity contribution in [3.05, 3.63) is 101 Å². The van der Waals surface area contributed by atoms with E-state index in [1.54, 1.807) is 35.7 Å². The number of β-amino-alcohol motifs (C(OH)–C–C–N with tert-alkyl or cyclic N) is 1. The van der Waals surface area contributed by atoms with E-state index in [2.05, 4.69) is 32.2 Å². The summed E-state index contributed by atoms with van der Waals surface area (Å²) in [6.07, 6.45) is 9.44. The molecule has 3 N–H and O–H groups in total. The van der Waals surface area contributed by atoms with Gasteiger partial charge in [0.1, 0.15) is 48.0 Å². The number of anilines is 1. The number of hydrogen-bond donors (Lipinski definition) is 3. The van der Waals surface area contributed by atoms with Crippen LogP contribution in [0.5, 0.6) is 17.6 Å². The van der Waals surface area contributed by atoms with E-state index in [0.29, 0.717) is 35.7 Å². The molecule has 16 nitrogen and oxygen atoms in total. The Morgan fingerprint density at radius 1 is 0.974 bits per heavy atom. The number of phenols is 1. The number of hydrogen-bond acceptors (Lipinski definition) is 15. The number of carbonyl (C=O) groups excluding carboxylic acids is 2. The van der Waals surface area contributed by atoms with Crippen molar-refractivity contribution >= 4 is 50.6 Å². The number of carbonyl (C=O) groups is 2. The number of rotatable bonds is 16. The molecule has 0 radical (unpaired) electrons. The molecule has 7 aromatic rings. The van der Waals surface area contributed by atoms with Crippen LogP contribution in [-0.4, -0.2) is 120 Å². The van der Waals surface area contributed by atoms with E-state index in [9.17, 15) is 19.8 Å². The van der Waals surface area contributed by atoms with Crippen LogP contribution in [0.4, 0.5) is 10.2 Å². The van der Waals surface area contributed by atoms with E-state index in [0.717, 1.165) is 115 Å². The lowest BCUT2D eigenvalue weighted by atomic mass is 9.91. The second-order valence-corrected chi connectivity index (χ2v) is 22.7. The second-order valence-electron chi connectivity index (χ2n) is 21.9. The summed E-state index contributed by atoms with van der Waals surface area (Å²) in [5, 5.41) is 31.2. The van der Waals surface area contributed by atoms with Crippen LogP contribution >= 0.6 is 11.3 Å². The largest absolute Gasteiger partial charge is 0.508 e. The van der Waals surface area contributed by atoms with E-state index in [4.69, 9.17) is 28.9 Å². The molecule has 4 aliphatic rings. The Balaban J connectivity index is 0.770. The zero-order valence-corrected chi connectivity index (χ0v) is 45.3. The third kappa shape index (κ3) is 10.3. The molecule has 0 saturated carbocycles. The van der Waals surface area contributed by atoms with Gasteiger partial charge >= 0.3 is 6.01 Å². The molecule has 4 aromatic heterocycles. The number of fused-ring (bicyclic) bond motifs is 3. The van der Waals surface area contributed by atoms with E-state index < -0.39 is 23.9 Å². The van der Waals surface area contributed by atoms with Gasteiger partial charge in [0, 0.05) is 49.9 Å². The number of aliphatic hydroxyl groups is 1. The predicted molar refractivity (Wildman–Crippen MR) is 294 cm³/mol. The van der Waals surface area contributed by atoms with Gasteiger partial charge in [-0.05, 0) is 116 Å². The molecule has 0 bridgehead atoms. The predicted octanol–water partition coefficient (Wildman–Crippen LogP) is 10.1. The van der Waals surface area contributed by atoms with Crippen molar-refractivity contribution in [2.24, 2.45) is 5.92 Å². The summed E-state index contributed by atoms with van der Waals surface area (Å²) in [5.41, 5.74) is 6.24. The van der Waals surface area contributed by atoms with Crippen LogP contribution in [0, 0.1) is 18.7 Å². The fourth-order valence-electron chi connectivity index (χ4n) is 12.5. The Labute approximate surface area is 452 Å². The highest BCUT2D eigenvalue weighted by atomic mass is 32.1. The van der Waals surface area contributed by atoms with Gasteiger partial charge < -0.3 is 39.3 Å². The van der Waals surface area contributed by atoms with E-state index in [-0.39, 0.29) is 77.2 Å². The summed E-state index contributed by atoms with van der Waals surface area (Å²) in [7, 11) is 0. The molecule has 2 amide bonds. The summed E-state index contributed by atoms with van der Waals surface area (Å²) in [5.74, 6) is -1.00. The van der Waals surface area contributed by atoms with E-state index in [1.165, 1.54) is 4.90 Å². The van der Waals surface area contributed by atoms with Crippen molar-refractivity contribution in [1.82, 2.24) is 40.2 Å². The number of ether oxygens (including phenoxy) is 2. The fraction of sp³-hybridized carbons (Fsp3) is 0.475. The van der Waals surface area contributed by atoms with Crippen LogP contribution in [-0.2, 0) is 16.0 Å². The van der Waals surface area contributed by atoms with Crippen LogP contribution in [0.1, 0.15) is 120 Å². The van der Waals surface area contributed by atoms with Gasteiger partial charge in [-0.1, -0.05) is 76.1 Å². The number of amides is 2. The number of aryl methyl sites for hydroxylation is 2. The lowest BCUT2D eigenvalue weighted by molar-refractivity contribution is -0.141. The third-order valence-electron chi connectivity index (χ3n) is 16.5. The number of aromatic nitrogens is 5. The first kappa shape index (κ1) is 52.3. The first-order valence-corrected chi connectivity index (χ1v) is 28.3. The average Bonchev–Trinajstić information content (AvgIpc) is 4.34. The van der Waals surface area contributed by atoms with Gasteiger partial charge in [-0.25, -0.2) is 9.37 Å². The molecule has 0 spiro atoms. The molecule has 3 aromatic carbocycles. The summed E-state index contributed by atoms with van der Waals surface area (Å²) in [6.45, 7) is 12.9. The molecule has 4 saturated heterocycles. The minimum absolute atomic E-state index is 0.0254. The molecule has 0 aliphatic carbocycles.